The highest BCUT2D eigenvalue weighted by atomic mass is 16.7. The van der Waals surface area contributed by atoms with Gasteiger partial charge in [-0.25, -0.2) is 9.59 Å². The molecule has 4 unspecified atom stereocenters. The lowest BCUT2D eigenvalue weighted by Crippen LogP contribution is -2.51. The number of carbonyl (C=O) groups excluding carboxylic acids is 2. The van der Waals surface area contributed by atoms with Crippen molar-refractivity contribution in [2.45, 2.75) is 38.1 Å². The van der Waals surface area contributed by atoms with Crippen LogP contribution in [0.1, 0.15) is 13.8 Å². The monoisotopic (exact) mass is 408 g/mol. The van der Waals surface area contributed by atoms with Crippen LogP contribution < -0.4 is 0 Å². The number of ether oxygens (including phenoxy) is 4. The Kier molecular flexibility index (Phi) is 11.7. The van der Waals surface area contributed by atoms with Crippen LogP contribution in [0.5, 0.6) is 0 Å². The SMILES string of the molecule is C=C(C)C(=O)OCC(O)COC(O)C(O)(CO)OCC(O)COC(=O)C(=C)C. The summed E-state index contributed by atoms with van der Waals surface area (Å²) >= 11 is 0. The summed E-state index contributed by atoms with van der Waals surface area (Å²) in [6.45, 7) is 6.30. The van der Waals surface area contributed by atoms with Crippen LogP contribution in [-0.4, -0.2) is 94.8 Å². The van der Waals surface area contributed by atoms with E-state index in [0.717, 1.165) is 0 Å². The zero-order valence-corrected chi connectivity index (χ0v) is 15.9. The second kappa shape index (κ2) is 12.6. The molecule has 0 aliphatic rings. The lowest BCUT2D eigenvalue weighted by Gasteiger charge is -2.31. The molecule has 0 aliphatic carbocycles. The highest BCUT2D eigenvalue weighted by molar-refractivity contribution is 5.87. The fourth-order valence-corrected chi connectivity index (χ4v) is 1.45. The molecule has 0 aromatic heterocycles. The van der Waals surface area contributed by atoms with Crippen LogP contribution in [-0.2, 0) is 28.5 Å². The second-order valence-electron chi connectivity index (χ2n) is 6.06. The minimum absolute atomic E-state index is 0.122. The number of esters is 2. The summed E-state index contributed by atoms with van der Waals surface area (Å²) in [7, 11) is 0. The summed E-state index contributed by atoms with van der Waals surface area (Å²) in [6, 6.07) is 0. The molecule has 0 rings (SSSR count). The van der Waals surface area contributed by atoms with Gasteiger partial charge in [0, 0.05) is 11.1 Å². The third kappa shape index (κ3) is 9.90. The van der Waals surface area contributed by atoms with Gasteiger partial charge in [-0.3, -0.25) is 0 Å². The lowest BCUT2D eigenvalue weighted by atomic mass is 10.2. The molecule has 0 aromatic carbocycles. The Balaban J connectivity index is 4.40. The molecule has 28 heavy (non-hydrogen) atoms. The van der Waals surface area contributed by atoms with E-state index in [1.165, 1.54) is 13.8 Å². The minimum atomic E-state index is -2.63. The van der Waals surface area contributed by atoms with Gasteiger partial charge in [-0.05, 0) is 13.8 Å². The quantitative estimate of drug-likeness (QED) is 0.122. The van der Waals surface area contributed by atoms with Gasteiger partial charge in [0.05, 0.1) is 13.2 Å². The number of rotatable bonds is 14. The first-order valence-electron chi connectivity index (χ1n) is 8.21. The average molecular weight is 408 g/mol. The van der Waals surface area contributed by atoms with Crippen molar-refractivity contribution in [2.75, 3.05) is 33.0 Å². The summed E-state index contributed by atoms with van der Waals surface area (Å²) in [4.78, 5) is 22.4. The van der Waals surface area contributed by atoms with Crippen LogP contribution in [0.4, 0.5) is 0 Å². The van der Waals surface area contributed by atoms with Gasteiger partial charge >= 0.3 is 11.9 Å². The van der Waals surface area contributed by atoms with Crippen LogP contribution in [0.3, 0.4) is 0 Å². The van der Waals surface area contributed by atoms with Crippen molar-refractivity contribution in [1.29, 1.82) is 0 Å². The maximum Gasteiger partial charge on any atom is 0.333 e. The molecule has 0 heterocycles. The summed E-state index contributed by atoms with van der Waals surface area (Å²) in [6.07, 6.45) is -4.83. The molecule has 0 aromatic rings. The molecule has 0 bridgehead atoms. The molecule has 0 saturated heterocycles. The predicted molar refractivity (Wildman–Crippen MR) is 93.5 cm³/mol. The maximum atomic E-state index is 11.2. The molecule has 11 nitrogen and oxygen atoms in total. The van der Waals surface area contributed by atoms with E-state index < -0.39 is 69.3 Å². The van der Waals surface area contributed by atoms with Crippen molar-refractivity contribution in [3.8, 4) is 0 Å². The molecule has 5 N–H and O–H groups in total. The van der Waals surface area contributed by atoms with Gasteiger partial charge in [0.25, 0.3) is 0 Å². The van der Waals surface area contributed by atoms with Gasteiger partial charge in [0.2, 0.25) is 12.1 Å². The van der Waals surface area contributed by atoms with E-state index in [9.17, 15) is 35.1 Å². The first kappa shape index (κ1) is 26.1. The molecule has 0 fully saturated rings. The van der Waals surface area contributed by atoms with Crippen LogP contribution in [0, 0.1) is 0 Å². The lowest BCUT2D eigenvalue weighted by molar-refractivity contribution is -0.342. The normalized spacial score (nSPS) is 16.4. The van der Waals surface area contributed by atoms with Gasteiger partial charge in [-0.1, -0.05) is 13.2 Å². The Labute approximate surface area is 162 Å². The van der Waals surface area contributed by atoms with Gasteiger partial charge in [-0.15, -0.1) is 0 Å². The third-order valence-corrected chi connectivity index (χ3v) is 3.10. The fourth-order valence-electron chi connectivity index (χ4n) is 1.45. The topological polar surface area (TPSA) is 172 Å². The summed E-state index contributed by atoms with van der Waals surface area (Å²) in [5.74, 6) is -4.09. The molecule has 0 amide bonds. The molecule has 0 saturated carbocycles. The van der Waals surface area contributed by atoms with E-state index in [2.05, 4.69) is 22.6 Å². The summed E-state index contributed by atoms with van der Waals surface area (Å²) in [5.41, 5.74) is 0.250. The number of hydrogen-bond donors (Lipinski definition) is 5. The Hall–Kier alpha value is -1.86. The largest absolute Gasteiger partial charge is 0.460 e. The predicted octanol–water partition coefficient (Wildman–Crippen LogP) is -2.02. The zero-order valence-electron chi connectivity index (χ0n) is 15.9. The van der Waals surface area contributed by atoms with Crippen LogP contribution in [0.2, 0.25) is 0 Å². The highest BCUT2D eigenvalue weighted by Gasteiger charge is 2.38. The van der Waals surface area contributed by atoms with Crippen molar-refractivity contribution in [2.24, 2.45) is 0 Å². The first-order valence-corrected chi connectivity index (χ1v) is 8.21. The number of carbonyl (C=O) groups is 2. The smallest absolute Gasteiger partial charge is 0.333 e. The van der Waals surface area contributed by atoms with Gasteiger partial charge in [0.1, 0.15) is 32.0 Å². The molecule has 162 valence electrons. The first-order chi connectivity index (χ1) is 12.9. The zero-order chi connectivity index (χ0) is 21.9. The summed E-state index contributed by atoms with van der Waals surface area (Å²) in [5, 5.41) is 48.4. The van der Waals surface area contributed by atoms with E-state index in [1.807, 2.05) is 0 Å². The molecular weight excluding hydrogens is 380 g/mol. The molecule has 0 aliphatic heterocycles. The molecule has 11 heteroatoms. The van der Waals surface area contributed by atoms with Crippen molar-refractivity contribution in [3.05, 3.63) is 24.3 Å². The number of hydrogen-bond acceptors (Lipinski definition) is 11. The van der Waals surface area contributed by atoms with Crippen molar-refractivity contribution in [1.82, 2.24) is 0 Å². The summed E-state index contributed by atoms with van der Waals surface area (Å²) < 4.78 is 19.0. The minimum Gasteiger partial charge on any atom is -0.460 e. The van der Waals surface area contributed by atoms with E-state index in [-0.39, 0.29) is 11.1 Å². The van der Waals surface area contributed by atoms with Gasteiger partial charge in [-0.2, -0.15) is 0 Å². The van der Waals surface area contributed by atoms with E-state index in [1.54, 1.807) is 0 Å². The van der Waals surface area contributed by atoms with Crippen LogP contribution in [0.15, 0.2) is 24.3 Å². The highest BCUT2D eigenvalue weighted by Crippen LogP contribution is 2.15. The molecule has 0 radical (unpaired) electrons. The van der Waals surface area contributed by atoms with E-state index in [0.29, 0.717) is 0 Å². The average Bonchev–Trinajstić information content (AvgIpc) is 2.65. The Morgan fingerprint density at radius 2 is 1.32 bits per heavy atom. The number of aliphatic hydroxyl groups is 5. The third-order valence-electron chi connectivity index (χ3n) is 3.10. The van der Waals surface area contributed by atoms with Crippen LogP contribution >= 0.6 is 0 Å². The Morgan fingerprint density at radius 1 is 0.893 bits per heavy atom. The van der Waals surface area contributed by atoms with Crippen molar-refractivity contribution in [3.63, 3.8) is 0 Å². The Bertz CT molecular complexity index is 547. The van der Waals surface area contributed by atoms with Gasteiger partial charge < -0.3 is 44.5 Å². The standard InChI is InChI=1S/C17H28O11/c1-10(2)14(21)25-5-12(19)7-27-16(23)17(24,9-18)28-8-13(20)6-26-15(22)11(3)4/h12-13,16,18-20,23-24H,1,3,5-9H2,2,4H3. The van der Waals surface area contributed by atoms with Crippen molar-refractivity contribution >= 4 is 11.9 Å². The van der Waals surface area contributed by atoms with E-state index in [4.69, 9.17) is 9.47 Å². The van der Waals surface area contributed by atoms with Crippen LogP contribution in [0.25, 0.3) is 0 Å². The van der Waals surface area contributed by atoms with Gasteiger partial charge in [0.15, 0.2) is 0 Å². The Morgan fingerprint density at radius 3 is 1.71 bits per heavy atom. The van der Waals surface area contributed by atoms with Crippen molar-refractivity contribution < 1.29 is 54.1 Å². The number of aliphatic hydroxyl groups excluding tert-OH is 4. The molecular formula is C17H28O11. The molecule has 0 spiro atoms. The molecule has 4 atom stereocenters. The fraction of sp³-hybridized carbons (Fsp3) is 0.647. The second-order valence-corrected chi connectivity index (χ2v) is 6.06. The van der Waals surface area contributed by atoms with E-state index >= 15 is 0 Å². The maximum absolute atomic E-state index is 11.2.